The highest BCUT2D eigenvalue weighted by Crippen LogP contribution is 2.46. The molecule has 0 radical (unpaired) electrons. The highest BCUT2D eigenvalue weighted by atomic mass is 79.9. The fourth-order valence-electron chi connectivity index (χ4n) is 2.16. The lowest BCUT2D eigenvalue weighted by molar-refractivity contribution is 0.578. The largest absolute Gasteiger partial charge is 0.325 e. The zero-order chi connectivity index (χ0) is 10.2. The first kappa shape index (κ1) is 10.2. The molecule has 76 valence electrons. The van der Waals surface area contributed by atoms with Crippen molar-refractivity contribution >= 4 is 15.9 Å². The van der Waals surface area contributed by atoms with E-state index in [0.29, 0.717) is 0 Å². The second-order valence-corrected chi connectivity index (χ2v) is 5.16. The van der Waals surface area contributed by atoms with Crippen LogP contribution >= 0.6 is 15.9 Å². The molecule has 2 rings (SSSR count). The number of halogens is 1. The minimum atomic E-state index is 0.0820. The van der Waals surface area contributed by atoms with Crippen LogP contribution in [0.1, 0.15) is 25.3 Å². The summed E-state index contributed by atoms with van der Waals surface area (Å²) in [5.74, 6) is 0.731. The van der Waals surface area contributed by atoms with Gasteiger partial charge in [-0.05, 0) is 30.4 Å². The van der Waals surface area contributed by atoms with Crippen LogP contribution in [0.4, 0.5) is 0 Å². The highest BCUT2D eigenvalue weighted by molar-refractivity contribution is 9.10. The molecule has 2 N–H and O–H groups in total. The number of hydrogen-bond donors (Lipinski definition) is 1. The fourth-order valence-corrected chi connectivity index (χ4v) is 2.59. The Morgan fingerprint density at radius 3 is 2.79 bits per heavy atom. The Bertz CT molecular complexity index is 337. The maximum absolute atomic E-state index is 6.28. The molecule has 2 atom stereocenters. The van der Waals surface area contributed by atoms with Crippen LogP contribution in [0.5, 0.6) is 0 Å². The molecule has 1 aromatic carbocycles. The Balaban J connectivity index is 2.09. The Kier molecular flexibility index (Phi) is 2.67. The van der Waals surface area contributed by atoms with Gasteiger partial charge in [0.15, 0.2) is 0 Å². The van der Waals surface area contributed by atoms with E-state index >= 15 is 0 Å². The molecule has 1 aliphatic rings. The Hall–Kier alpha value is -0.340. The number of nitrogens with two attached hydrogens (primary N) is 1. The van der Waals surface area contributed by atoms with Gasteiger partial charge in [-0.1, -0.05) is 47.5 Å². The SMILES string of the molecule is CCC1CC1(N)Cc1ccccc1Br. The molecule has 1 fully saturated rings. The minimum absolute atomic E-state index is 0.0820. The number of hydrogen-bond acceptors (Lipinski definition) is 1. The quantitative estimate of drug-likeness (QED) is 0.881. The molecule has 1 saturated carbocycles. The van der Waals surface area contributed by atoms with Crippen molar-refractivity contribution in [1.82, 2.24) is 0 Å². The van der Waals surface area contributed by atoms with Crippen LogP contribution in [0.15, 0.2) is 28.7 Å². The molecular weight excluding hydrogens is 238 g/mol. The van der Waals surface area contributed by atoms with E-state index in [1.165, 1.54) is 22.9 Å². The van der Waals surface area contributed by atoms with Gasteiger partial charge in [-0.2, -0.15) is 0 Å². The smallest absolute Gasteiger partial charge is 0.0228 e. The third-order valence-electron chi connectivity index (χ3n) is 3.25. The van der Waals surface area contributed by atoms with Gasteiger partial charge in [0.25, 0.3) is 0 Å². The van der Waals surface area contributed by atoms with Crippen molar-refractivity contribution in [3.8, 4) is 0 Å². The molecule has 0 heterocycles. The average Bonchev–Trinajstić information content (AvgIpc) is 2.81. The van der Waals surface area contributed by atoms with Crippen molar-refractivity contribution in [3.63, 3.8) is 0 Å². The first-order chi connectivity index (χ1) is 6.65. The zero-order valence-electron chi connectivity index (χ0n) is 8.46. The predicted molar refractivity (Wildman–Crippen MR) is 63.2 cm³/mol. The molecular formula is C12H16BrN. The van der Waals surface area contributed by atoms with Crippen molar-refractivity contribution in [1.29, 1.82) is 0 Å². The van der Waals surface area contributed by atoms with Crippen molar-refractivity contribution in [2.24, 2.45) is 11.7 Å². The third kappa shape index (κ3) is 1.86. The summed E-state index contributed by atoms with van der Waals surface area (Å²) in [4.78, 5) is 0. The maximum Gasteiger partial charge on any atom is 0.0228 e. The highest BCUT2D eigenvalue weighted by Gasteiger charge is 2.49. The molecule has 2 unspecified atom stereocenters. The van der Waals surface area contributed by atoms with Crippen molar-refractivity contribution in [2.45, 2.75) is 31.7 Å². The van der Waals surface area contributed by atoms with E-state index in [-0.39, 0.29) is 5.54 Å². The second-order valence-electron chi connectivity index (χ2n) is 4.31. The van der Waals surface area contributed by atoms with Gasteiger partial charge in [0, 0.05) is 10.0 Å². The Morgan fingerprint density at radius 2 is 2.21 bits per heavy atom. The van der Waals surface area contributed by atoms with E-state index < -0.39 is 0 Å². The average molecular weight is 254 g/mol. The molecule has 1 aromatic rings. The predicted octanol–water partition coefficient (Wildman–Crippen LogP) is 3.12. The lowest BCUT2D eigenvalue weighted by Crippen LogP contribution is -2.27. The summed E-state index contributed by atoms with van der Waals surface area (Å²) in [6.45, 7) is 2.22. The van der Waals surface area contributed by atoms with E-state index in [9.17, 15) is 0 Å². The molecule has 1 aliphatic carbocycles. The van der Waals surface area contributed by atoms with Crippen molar-refractivity contribution in [3.05, 3.63) is 34.3 Å². The van der Waals surface area contributed by atoms with Crippen LogP contribution in [0.2, 0.25) is 0 Å². The summed E-state index contributed by atoms with van der Waals surface area (Å²) in [6.07, 6.45) is 3.40. The van der Waals surface area contributed by atoms with Gasteiger partial charge in [-0.25, -0.2) is 0 Å². The van der Waals surface area contributed by atoms with Crippen LogP contribution in [-0.4, -0.2) is 5.54 Å². The van der Waals surface area contributed by atoms with Crippen LogP contribution in [0.3, 0.4) is 0 Å². The fraction of sp³-hybridized carbons (Fsp3) is 0.500. The van der Waals surface area contributed by atoms with Gasteiger partial charge < -0.3 is 5.73 Å². The van der Waals surface area contributed by atoms with Crippen LogP contribution in [0.25, 0.3) is 0 Å². The van der Waals surface area contributed by atoms with E-state index in [0.717, 1.165) is 12.3 Å². The number of benzene rings is 1. The summed E-state index contributed by atoms with van der Waals surface area (Å²) in [6, 6.07) is 8.36. The van der Waals surface area contributed by atoms with Gasteiger partial charge >= 0.3 is 0 Å². The molecule has 14 heavy (non-hydrogen) atoms. The summed E-state index contributed by atoms with van der Waals surface area (Å²) in [5.41, 5.74) is 7.70. The van der Waals surface area contributed by atoms with Gasteiger partial charge in [0.2, 0.25) is 0 Å². The summed E-state index contributed by atoms with van der Waals surface area (Å²) in [7, 11) is 0. The van der Waals surface area contributed by atoms with Crippen LogP contribution in [-0.2, 0) is 6.42 Å². The Labute approximate surface area is 93.8 Å². The van der Waals surface area contributed by atoms with Gasteiger partial charge in [0.05, 0.1) is 0 Å². The second kappa shape index (κ2) is 3.67. The zero-order valence-corrected chi connectivity index (χ0v) is 10.0. The summed E-state index contributed by atoms with van der Waals surface area (Å²) < 4.78 is 1.19. The summed E-state index contributed by atoms with van der Waals surface area (Å²) in [5, 5.41) is 0. The lowest BCUT2D eigenvalue weighted by Gasteiger charge is -2.12. The molecule has 0 saturated heterocycles. The monoisotopic (exact) mass is 253 g/mol. The van der Waals surface area contributed by atoms with Gasteiger partial charge in [-0.3, -0.25) is 0 Å². The normalized spacial score (nSPS) is 30.4. The van der Waals surface area contributed by atoms with Crippen molar-refractivity contribution < 1.29 is 0 Å². The van der Waals surface area contributed by atoms with Crippen molar-refractivity contribution in [2.75, 3.05) is 0 Å². The van der Waals surface area contributed by atoms with Gasteiger partial charge in [0.1, 0.15) is 0 Å². The van der Waals surface area contributed by atoms with E-state index in [1.54, 1.807) is 0 Å². The molecule has 1 nitrogen and oxygen atoms in total. The van der Waals surface area contributed by atoms with Crippen LogP contribution < -0.4 is 5.73 Å². The topological polar surface area (TPSA) is 26.0 Å². The molecule has 2 heteroatoms. The summed E-state index contributed by atoms with van der Waals surface area (Å²) >= 11 is 3.56. The van der Waals surface area contributed by atoms with E-state index in [1.807, 2.05) is 6.07 Å². The third-order valence-corrected chi connectivity index (χ3v) is 4.02. The first-order valence-corrected chi connectivity index (χ1v) is 5.97. The minimum Gasteiger partial charge on any atom is -0.325 e. The standard InChI is InChI=1S/C12H16BrN/c1-2-10-8-12(10,14)7-9-5-3-4-6-11(9)13/h3-6,10H,2,7-8,14H2,1H3. The van der Waals surface area contributed by atoms with E-state index in [4.69, 9.17) is 5.73 Å². The Morgan fingerprint density at radius 1 is 1.50 bits per heavy atom. The first-order valence-electron chi connectivity index (χ1n) is 5.18. The van der Waals surface area contributed by atoms with E-state index in [2.05, 4.69) is 41.1 Å². The molecule has 0 amide bonds. The molecule has 0 aliphatic heterocycles. The molecule has 0 spiro atoms. The number of rotatable bonds is 3. The molecule has 0 aromatic heterocycles. The maximum atomic E-state index is 6.28. The lowest BCUT2D eigenvalue weighted by atomic mass is 10.0. The van der Waals surface area contributed by atoms with Crippen LogP contribution in [0, 0.1) is 5.92 Å². The van der Waals surface area contributed by atoms with Gasteiger partial charge in [-0.15, -0.1) is 0 Å². The molecule has 0 bridgehead atoms.